The summed E-state index contributed by atoms with van der Waals surface area (Å²) in [4.78, 5) is 21.8. The fourth-order valence-corrected chi connectivity index (χ4v) is 1.74. The molecule has 1 aromatic carbocycles. The van der Waals surface area contributed by atoms with Crippen LogP contribution in [0.1, 0.15) is 29.9 Å². The van der Waals surface area contributed by atoms with Crippen molar-refractivity contribution in [3.05, 3.63) is 35.4 Å². The number of carbonyl (C=O) groups is 2. The summed E-state index contributed by atoms with van der Waals surface area (Å²) in [7, 11) is 0. The zero-order valence-corrected chi connectivity index (χ0v) is 9.91. The van der Waals surface area contributed by atoms with Gasteiger partial charge in [-0.05, 0) is 17.7 Å². The highest BCUT2D eigenvalue weighted by Crippen LogP contribution is 2.31. The van der Waals surface area contributed by atoms with Crippen molar-refractivity contribution in [1.82, 2.24) is 0 Å². The Morgan fingerprint density at radius 1 is 1.00 bits per heavy atom. The Morgan fingerprint density at radius 3 is 1.74 bits per heavy atom. The summed E-state index contributed by atoms with van der Waals surface area (Å²) < 4.78 is 37.2. The minimum atomic E-state index is -4.43. The average Bonchev–Trinajstić information content (AvgIpc) is 2.26. The van der Waals surface area contributed by atoms with E-state index in [1.807, 2.05) is 0 Å². The zero-order valence-electron chi connectivity index (χ0n) is 9.91. The number of alkyl halides is 3. The number of nitrogens with two attached hydrogens (primary N) is 2. The number of rotatable bonds is 5. The number of primary amides is 2. The molecule has 0 saturated heterocycles. The van der Waals surface area contributed by atoms with Crippen molar-refractivity contribution < 1.29 is 22.8 Å². The van der Waals surface area contributed by atoms with Gasteiger partial charge in [-0.25, -0.2) is 0 Å². The minimum absolute atomic E-state index is 0.145. The van der Waals surface area contributed by atoms with Crippen molar-refractivity contribution in [2.24, 2.45) is 11.5 Å². The molecule has 1 aromatic rings. The van der Waals surface area contributed by atoms with Crippen molar-refractivity contribution in [2.45, 2.75) is 24.9 Å². The van der Waals surface area contributed by atoms with E-state index in [0.29, 0.717) is 5.56 Å². The molecule has 0 aromatic heterocycles. The lowest BCUT2D eigenvalue weighted by Gasteiger charge is -2.15. The summed E-state index contributed by atoms with van der Waals surface area (Å²) in [5, 5.41) is 0. The normalized spacial score (nSPS) is 11.6. The van der Waals surface area contributed by atoms with E-state index < -0.39 is 29.5 Å². The third-order valence-electron chi connectivity index (χ3n) is 2.60. The lowest BCUT2D eigenvalue weighted by Crippen LogP contribution is -2.21. The Kier molecular flexibility index (Phi) is 4.52. The van der Waals surface area contributed by atoms with Crippen LogP contribution in [0.4, 0.5) is 13.2 Å². The molecule has 7 heteroatoms. The lowest BCUT2D eigenvalue weighted by atomic mass is 9.91. The molecule has 0 unspecified atom stereocenters. The maximum absolute atomic E-state index is 12.4. The van der Waals surface area contributed by atoms with Crippen LogP contribution in [0.25, 0.3) is 0 Å². The predicted molar refractivity (Wildman–Crippen MR) is 61.8 cm³/mol. The monoisotopic (exact) mass is 274 g/mol. The Hall–Kier alpha value is -2.05. The summed E-state index contributed by atoms with van der Waals surface area (Å²) >= 11 is 0. The largest absolute Gasteiger partial charge is 0.416 e. The molecule has 4 nitrogen and oxygen atoms in total. The first kappa shape index (κ1) is 15.0. The molecule has 0 aliphatic carbocycles. The van der Waals surface area contributed by atoms with Crippen molar-refractivity contribution in [3.63, 3.8) is 0 Å². The lowest BCUT2D eigenvalue weighted by molar-refractivity contribution is -0.137. The fraction of sp³-hybridized carbons (Fsp3) is 0.333. The van der Waals surface area contributed by atoms with Gasteiger partial charge < -0.3 is 11.5 Å². The molecule has 0 aliphatic rings. The topological polar surface area (TPSA) is 86.2 Å². The molecular formula is C12H13F3N2O2. The summed E-state index contributed by atoms with van der Waals surface area (Å²) in [5.74, 6) is -1.89. The predicted octanol–water partition coefficient (Wildman–Crippen LogP) is 1.54. The highest BCUT2D eigenvalue weighted by molar-refractivity contribution is 5.78. The summed E-state index contributed by atoms with van der Waals surface area (Å²) in [6, 6.07) is 4.23. The number of carbonyl (C=O) groups excluding carboxylic acids is 2. The molecule has 0 atom stereocenters. The van der Waals surface area contributed by atoms with Gasteiger partial charge in [0.15, 0.2) is 0 Å². The van der Waals surface area contributed by atoms with E-state index in [1.54, 1.807) is 0 Å². The molecule has 19 heavy (non-hydrogen) atoms. The van der Waals surface area contributed by atoms with Crippen LogP contribution < -0.4 is 11.5 Å². The van der Waals surface area contributed by atoms with Crippen LogP contribution in [0.3, 0.4) is 0 Å². The number of halogens is 3. The molecule has 104 valence electrons. The van der Waals surface area contributed by atoms with Gasteiger partial charge in [0.25, 0.3) is 0 Å². The van der Waals surface area contributed by atoms with Gasteiger partial charge in [0.1, 0.15) is 0 Å². The number of amides is 2. The summed E-state index contributed by atoms with van der Waals surface area (Å²) in [6.45, 7) is 0. The highest BCUT2D eigenvalue weighted by Gasteiger charge is 2.30. The fourth-order valence-electron chi connectivity index (χ4n) is 1.74. The Morgan fingerprint density at radius 2 is 1.42 bits per heavy atom. The van der Waals surface area contributed by atoms with E-state index in [4.69, 9.17) is 11.5 Å². The van der Waals surface area contributed by atoms with Gasteiger partial charge in [-0.15, -0.1) is 0 Å². The maximum atomic E-state index is 12.4. The molecule has 0 radical (unpaired) electrons. The standard InChI is InChI=1S/C12H13F3N2O2/c13-12(14,15)9-3-1-7(2-4-9)8(5-10(16)18)6-11(17)19/h1-4,8H,5-6H2,(H2,16,18)(H2,17,19). The molecule has 4 N–H and O–H groups in total. The quantitative estimate of drug-likeness (QED) is 0.853. The van der Waals surface area contributed by atoms with Gasteiger partial charge in [0.2, 0.25) is 11.8 Å². The van der Waals surface area contributed by atoms with E-state index in [1.165, 1.54) is 12.1 Å². The van der Waals surface area contributed by atoms with Crippen molar-refractivity contribution in [3.8, 4) is 0 Å². The van der Waals surface area contributed by atoms with Crippen molar-refractivity contribution in [1.29, 1.82) is 0 Å². The summed E-state index contributed by atoms with van der Waals surface area (Å²) in [6.07, 6.45) is -4.72. The Balaban J connectivity index is 2.96. The summed E-state index contributed by atoms with van der Waals surface area (Å²) in [5.41, 5.74) is 9.69. The van der Waals surface area contributed by atoms with E-state index >= 15 is 0 Å². The molecule has 2 amide bonds. The van der Waals surface area contributed by atoms with Crippen molar-refractivity contribution >= 4 is 11.8 Å². The SMILES string of the molecule is NC(=O)CC(CC(N)=O)c1ccc(C(F)(F)F)cc1. The van der Waals surface area contributed by atoms with Crippen LogP contribution in [0.2, 0.25) is 0 Å². The van der Waals surface area contributed by atoms with Crippen LogP contribution in [-0.4, -0.2) is 11.8 Å². The molecule has 0 fully saturated rings. The smallest absolute Gasteiger partial charge is 0.370 e. The van der Waals surface area contributed by atoms with Gasteiger partial charge in [0, 0.05) is 18.8 Å². The molecule has 0 bridgehead atoms. The Labute approximate surface area is 107 Å². The molecular weight excluding hydrogens is 261 g/mol. The number of benzene rings is 1. The second-order valence-electron chi connectivity index (χ2n) is 4.16. The first-order valence-corrected chi connectivity index (χ1v) is 5.44. The first-order chi connectivity index (χ1) is 8.70. The van der Waals surface area contributed by atoms with Gasteiger partial charge in [-0.3, -0.25) is 9.59 Å². The molecule has 1 rings (SSSR count). The van der Waals surface area contributed by atoms with Crippen LogP contribution in [0, 0.1) is 0 Å². The first-order valence-electron chi connectivity index (χ1n) is 5.44. The van der Waals surface area contributed by atoms with Gasteiger partial charge in [-0.2, -0.15) is 13.2 Å². The number of hydrogen-bond acceptors (Lipinski definition) is 2. The highest BCUT2D eigenvalue weighted by atomic mass is 19.4. The van der Waals surface area contributed by atoms with E-state index in [9.17, 15) is 22.8 Å². The van der Waals surface area contributed by atoms with Crippen LogP contribution >= 0.6 is 0 Å². The molecule has 0 saturated carbocycles. The van der Waals surface area contributed by atoms with Crippen molar-refractivity contribution in [2.75, 3.05) is 0 Å². The number of hydrogen-bond donors (Lipinski definition) is 2. The van der Waals surface area contributed by atoms with Gasteiger partial charge in [-0.1, -0.05) is 12.1 Å². The minimum Gasteiger partial charge on any atom is -0.370 e. The molecule has 0 aliphatic heterocycles. The van der Waals surface area contributed by atoms with E-state index in [-0.39, 0.29) is 12.8 Å². The zero-order chi connectivity index (χ0) is 14.6. The third-order valence-corrected chi connectivity index (χ3v) is 2.60. The average molecular weight is 274 g/mol. The maximum Gasteiger partial charge on any atom is 0.416 e. The van der Waals surface area contributed by atoms with E-state index in [0.717, 1.165) is 12.1 Å². The van der Waals surface area contributed by atoms with Gasteiger partial charge in [0.05, 0.1) is 5.56 Å². The van der Waals surface area contributed by atoms with Crippen LogP contribution in [0.5, 0.6) is 0 Å². The van der Waals surface area contributed by atoms with Gasteiger partial charge >= 0.3 is 6.18 Å². The molecule has 0 heterocycles. The Bertz CT molecular complexity index is 453. The van der Waals surface area contributed by atoms with E-state index in [2.05, 4.69) is 0 Å². The second-order valence-corrected chi connectivity index (χ2v) is 4.16. The van der Waals surface area contributed by atoms with Crippen LogP contribution in [-0.2, 0) is 15.8 Å². The third kappa shape index (κ3) is 4.61. The molecule has 0 spiro atoms. The second kappa shape index (κ2) is 5.73. The van der Waals surface area contributed by atoms with Crippen LogP contribution in [0.15, 0.2) is 24.3 Å².